The molecule has 0 bridgehead atoms. The van der Waals surface area contributed by atoms with Gasteiger partial charge in [0, 0.05) is 35.7 Å². The Morgan fingerprint density at radius 2 is 2.00 bits per heavy atom. The van der Waals surface area contributed by atoms with Gasteiger partial charge in [-0.15, -0.1) is 11.3 Å². The highest BCUT2D eigenvalue weighted by Gasteiger charge is 2.31. The second kappa shape index (κ2) is 11.7. The number of thiazole rings is 1. The van der Waals surface area contributed by atoms with E-state index in [-0.39, 0.29) is 24.1 Å². The zero-order valence-electron chi connectivity index (χ0n) is 21.2. The van der Waals surface area contributed by atoms with Crippen molar-refractivity contribution in [2.45, 2.75) is 37.7 Å². The number of nitrogens with zero attached hydrogens (tertiary/aromatic N) is 5. The molecule has 0 saturated heterocycles. The molecule has 3 aromatic rings. The fourth-order valence-corrected chi connectivity index (χ4v) is 5.90. The molecular formula is C25H20F5N5O5S2. The minimum absolute atomic E-state index is 0.0341. The Labute approximate surface area is 239 Å². The fourth-order valence-electron chi connectivity index (χ4n) is 4.41. The predicted octanol–water partition coefficient (Wildman–Crippen LogP) is 5.05. The van der Waals surface area contributed by atoms with Crippen molar-refractivity contribution < 1.29 is 44.6 Å². The van der Waals surface area contributed by atoms with E-state index in [2.05, 4.69) is 15.2 Å². The number of hydrogen-bond donors (Lipinski definition) is 1. The molecule has 4 heterocycles. The molecule has 1 atom stereocenters. The van der Waals surface area contributed by atoms with Crippen molar-refractivity contribution in [2.75, 3.05) is 6.54 Å². The van der Waals surface area contributed by atoms with Gasteiger partial charge in [-0.2, -0.15) is 13.5 Å². The van der Waals surface area contributed by atoms with Crippen LogP contribution >= 0.6 is 11.3 Å². The first-order valence-corrected chi connectivity index (χ1v) is 14.6. The number of oxime groups is 1. The van der Waals surface area contributed by atoms with Crippen LogP contribution in [0.4, 0.5) is 22.0 Å². The fraction of sp³-hybridized carbons (Fsp3) is 0.280. The summed E-state index contributed by atoms with van der Waals surface area (Å²) < 4.78 is 99.5. The summed E-state index contributed by atoms with van der Waals surface area (Å²) in [6.45, 7) is -0.598. The van der Waals surface area contributed by atoms with Crippen LogP contribution in [0, 0.1) is 5.82 Å². The number of hydrogen-bond acceptors (Lipinski definition) is 8. The maximum atomic E-state index is 14.6. The second-order valence-corrected chi connectivity index (χ2v) is 11.5. The summed E-state index contributed by atoms with van der Waals surface area (Å²) in [6, 6.07) is 4.42. The van der Waals surface area contributed by atoms with Crippen LogP contribution in [-0.4, -0.2) is 50.8 Å². The SMILES string of the molecule is O=C(Cn1nc(C(F)F)cc1C(F)F)N1C=CC(c2nc(C3=NO[C@H](c4c(F)cccc4CS(=O)(=O)O)C3)cs2)=CC1. The van der Waals surface area contributed by atoms with Gasteiger partial charge in [0.1, 0.15) is 40.2 Å². The van der Waals surface area contributed by atoms with Crippen LogP contribution in [0.1, 0.15) is 58.6 Å². The molecule has 0 unspecified atom stereocenters. The van der Waals surface area contributed by atoms with Crippen molar-refractivity contribution in [2.24, 2.45) is 5.16 Å². The minimum atomic E-state index is -4.42. The lowest BCUT2D eigenvalue weighted by Crippen LogP contribution is -2.31. The quantitative estimate of drug-likeness (QED) is 0.259. The average molecular weight is 630 g/mol. The lowest BCUT2D eigenvalue weighted by Gasteiger charge is -2.20. The number of carbonyl (C=O) groups is 1. The number of aromatic nitrogens is 3. The third kappa shape index (κ3) is 6.42. The van der Waals surface area contributed by atoms with Gasteiger partial charge in [-0.3, -0.25) is 14.0 Å². The Kier molecular flexibility index (Phi) is 8.25. The maximum absolute atomic E-state index is 14.6. The normalized spacial score (nSPS) is 17.1. The van der Waals surface area contributed by atoms with Crippen molar-refractivity contribution in [1.29, 1.82) is 0 Å². The molecule has 2 aromatic heterocycles. The predicted molar refractivity (Wildman–Crippen MR) is 140 cm³/mol. The topological polar surface area (TPSA) is 127 Å². The first kappa shape index (κ1) is 29.5. The van der Waals surface area contributed by atoms with E-state index in [1.54, 1.807) is 17.5 Å². The highest BCUT2D eigenvalue weighted by atomic mass is 32.2. The van der Waals surface area contributed by atoms with Gasteiger partial charge in [-0.05, 0) is 23.8 Å². The van der Waals surface area contributed by atoms with E-state index >= 15 is 0 Å². The summed E-state index contributed by atoms with van der Waals surface area (Å²) in [7, 11) is -4.42. The standard InChI is InChI=1S/C25H20F5N5O5S2/c26-15-3-1-2-14(12-42(37,38)39)22(15)20-9-16(33-40-20)18-11-41-25(31-18)13-4-6-34(7-5-13)21(36)10-35-19(24(29)30)8-17(32-35)23(27)28/h1-6,8,11,20,23-24H,7,9-10,12H2,(H,37,38,39)/t20-/m0/s1. The summed E-state index contributed by atoms with van der Waals surface area (Å²) in [5.41, 5.74) is -0.149. The average Bonchev–Trinajstić information content (AvgIpc) is 3.68. The van der Waals surface area contributed by atoms with E-state index in [9.17, 15) is 39.7 Å². The molecule has 1 amide bonds. The Balaban J connectivity index is 1.24. The Morgan fingerprint density at radius 1 is 1.21 bits per heavy atom. The number of amides is 1. The molecule has 5 rings (SSSR count). The van der Waals surface area contributed by atoms with Crippen LogP contribution in [0.3, 0.4) is 0 Å². The van der Waals surface area contributed by atoms with Crippen molar-refractivity contribution in [3.05, 3.63) is 87.0 Å². The number of carbonyl (C=O) groups excluding carboxylic acids is 1. The molecule has 2 aliphatic heterocycles. The molecule has 42 heavy (non-hydrogen) atoms. The Bertz CT molecular complexity index is 1720. The molecule has 0 radical (unpaired) electrons. The third-order valence-electron chi connectivity index (χ3n) is 6.34. The molecule has 0 spiro atoms. The van der Waals surface area contributed by atoms with Crippen LogP contribution in [-0.2, 0) is 32.0 Å². The van der Waals surface area contributed by atoms with Gasteiger partial charge in [0.15, 0.2) is 6.10 Å². The molecule has 1 N–H and O–H groups in total. The summed E-state index contributed by atoms with van der Waals surface area (Å²) in [6.07, 6.45) is -2.34. The molecule has 17 heteroatoms. The van der Waals surface area contributed by atoms with Crippen LogP contribution in [0.25, 0.3) is 5.57 Å². The maximum Gasteiger partial charge on any atom is 0.282 e. The molecule has 10 nitrogen and oxygen atoms in total. The van der Waals surface area contributed by atoms with E-state index in [1.807, 2.05) is 0 Å². The summed E-state index contributed by atoms with van der Waals surface area (Å²) in [5.74, 6) is -2.14. The molecule has 2 aliphatic rings. The van der Waals surface area contributed by atoms with Gasteiger partial charge in [-0.25, -0.2) is 26.9 Å². The van der Waals surface area contributed by atoms with Gasteiger partial charge in [0.2, 0.25) is 5.91 Å². The van der Waals surface area contributed by atoms with E-state index in [1.165, 1.54) is 34.6 Å². The van der Waals surface area contributed by atoms with Gasteiger partial charge in [-0.1, -0.05) is 23.4 Å². The minimum Gasteiger partial charge on any atom is -0.387 e. The molecule has 1 aromatic carbocycles. The molecule has 0 fully saturated rings. The number of halogens is 5. The van der Waals surface area contributed by atoms with Crippen LogP contribution in [0.15, 0.2) is 53.2 Å². The zero-order valence-corrected chi connectivity index (χ0v) is 22.8. The van der Waals surface area contributed by atoms with Gasteiger partial charge in [0.25, 0.3) is 23.0 Å². The van der Waals surface area contributed by atoms with Gasteiger partial charge in [0.05, 0.1) is 5.69 Å². The first-order valence-electron chi connectivity index (χ1n) is 12.1. The summed E-state index contributed by atoms with van der Waals surface area (Å²) >= 11 is 1.25. The van der Waals surface area contributed by atoms with E-state index in [4.69, 9.17) is 4.84 Å². The van der Waals surface area contributed by atoms with E-state index in [0.29, 0.717) is 32.7 Å². The number of alkyl halides is 4. The molecular weight excluding hydrogens is 609 g/mol. The van der Waals surface area contributed by atoms with Gasteiger partial charge >= 0.3 is 0 Å². The van der Waals surface area contributed by atoms with Crippen molar-refractivity contribution >= 4 is 38.6 Å². The second-order valence-electron chi connectivity index (χ2n) is 9.19. The van der Waals surface area contributed by atoms with Gasteiger partial charge < -0.3 is 9.74 Å². The first-order chi connectivity index (χ1) is 19.9. The summed E-state index contributed by atoms with van der Waals surface area (Å²) in [4.78, 5) is 23.8. The van der Waals surface area contributed by atoms with Crippen LogP contribution < -0.4 is 0 Å². The number of allylic oxidation sites excluding steroid dienone is 2. The number of rotatable bonds is 9. The Morgan fingerprint density at radius 3 is 2.67 bits per heavy atom. The van der Waals surface area contributed by atoms with E-state index in [0.717, 1.165) is 6.07 Å². The largest absolute Gasteiger partial charge is 0.387 e. The van der Waals surface area contributed by atoms with Crippen molar-refractivity contribution in [3.8, 4) is 0 Å². The lowest BCUT2D eigenvalue weighted by molar-refractivity contribution is -0.129. The summed E-state index contributed by atoms with van der Waals surface area (Å²) in [5, 5.41) is 9.66. The number of benzene rings is 1. The monoisotopic (exact) mass is 629 g/mol. The third-order valence-corrected chi connectivity index (χ3v) is 7.91. The Hall–Kier alpha value is -3.96. The van der Waals surface area contributed by atoms with Crippen LogP contribution in [0.2, 0.25) is 0 Å². The highest BCUT2D eigenvalue weighted by molar-refractivity contribution is 7.85. The van der Waals surface area contributed by atoms with Crippen molar-refractivity contribution in [3.63, 3.8) is 0 Å². The molecule has 0 saturated carbocycles. The molecule has 222 valence electrons. The lowest BCUT2D eigenvalue weighted by atomic mass is 9.98. The van der Waals surface area contributed by atoms with Crippen molar-refractivity contribution in [1.82, 2.24) is 19.7 Å². The van der Waals surface area contributed by atoms with Crippen LogP contribution in [0.5, 0.6) is 0 Å². The molecule has 0 aliphatic carbocycles. The van der Waals surface area contributed by atoms with E-state index < -0.39 is 64.5 Å². The highest BCUT2D eigenvalue weighted by Crippen LogP contribution is 2.35. The smallest absolute Gasteiger partial charge is 0.282 e. The zero-order chi connectivity index (χ0) is 30.2.